The molecule has 3 aromatic heterocycles. The molecule has 0 saturated heterocycles. The molecule has 4 heterocycles. The molecule has 0 saturated carbocycles. The lowest BCUT2D eigenvalue weighted by atomic mass is 10.0. The van der Waals surface area contributed by atoms with E-state index in [1.807, 2.05) is 12.3 Å². The molecule has 0 bridgehead atoms. The zero-order chi connectivity index (χ0) is 21.6. The Balaban J connectivity index is 1.63. The molecule has 0 radical (unpaired) electrons. The van der Waals surface area contributed by atoms with Crippen LogP contribution < -0.4 is 10.6 Å². The molecule has 12 heteroatoms. The molecule has 0 spiro atoms. The fraction of sp³-hybridized carbons (Fsp3) is 0.389. The van der Waals surface area contributed by atoms with E-state index in [1.54, 1.807) is 30.1 Å². The Bertz CT molecular complexity index is 1070. The third-order valence-electron chi connectivity index (χ3n) is 5.17. The van der Waals surface area contributed by atoms with Gasteiger partial charge in [-0.1, -0.05) is 6.07 Å². The number of hydrogen-bond donors (Lipinski definition) is 2. The van der Waals surface area contributed by atoms with Crippen LogP contribution in [0.3, 0.4) is 0 Å². The van der Waals surface area contributed by atoms with E-state index in [-0.39, 0.29) is 29.0 Å². The molecule has 4 rings (SSSR count). The number of amides is 1. The van der Waals surface area contributed by atoms with Gasteiger partial charge in [-0.15, -0.1) is 11.3 Å². The number of nitrogens with one attached hydrogen (secondary N) is 2. The first-order valence-electron chi connectivity index (χ1n) is 9.07. The Hall–Kier alpha value is -2.34. The van der Waals surface area contributed by atoms with E-state index in [9.17, 15) is 18.0 Å². The molecular weight excluding hydrogens is 485 g/mol. The number of carbonyl (C=O) groups excluding carboxylic acids is 1. The van der Waals surface area contributed by atoms with Crippen molar-refractivity contribution in [2.75, 3.05) is 5.32 Å². The van der Waals surface area contributed by atoms with Crippen molar-refractivity contribution in [3.8, 4) is 0 Å². The summed E-state index contributed by atoms with van der Waals surface area (Å²) >= 11 is 4.66. The van der Waals surface area contributed by atoms with Gasteiger partial charge in [-0.05, 0) is 34.3 Å². The molecule has 2 atom stereocenters. The minimum absolute atomic E-state index is 0.0971. The Morgan fingerprint density at radius 1 is 1.47 bits per heavy atom. The van der Waals surface area contributed by atoms with Crippen molar-refractivity contribution in [3.63, 3.8) is 0 Å². The zero-order valence-corrected chi connectivity index (χ0v) is 18.4. The molecule has 0 aromatic carbocycles. The summed E-state index contributed by atoms with van der Waals surface area (Å²) in [6, 6.07) is 1.23. The number of fused-ring (bicyclic) bond motifs is 1. The van der Waals surface area contributed by atoms with Crippen LogP contribution in [0.25, 0.3) is 0 Å². The van der Waals surface area contributed by atoms with Crippen LogP contribution >= 0.6 is 27.3 Å². The van der Waals surface area contributed by atoms with E-state index in [4.69, 9.17) is 0 Å². The Morgan fingerprint density at radius 3 is 2.83 bits per heavy atom. The predicted octanol–water partition coefficient (Wildman–Crippen LogP) is 4.34. The zero-order valence-electron chi connectivity index (χ0n) is 16.0. The maximum absolute atomic E-state index is 13.8. The molecule has 160 valence electrons. The van der Waals surface area contributed by atoms with Crippen molar-refractivity contribution in [1.29, 1.82) is 0 Å². The number of hydrogen-bond acceptors (Lipinski definition) is 5. The molecule has 0 fully saturated rings. The van der Waals surface area contributed by atoms with Crippen molar-refractivity contribution < 1.29 is 18.0 Å². The molecule has 0 aliphatic carbocycles. The van der Waals surface area contributed by atoms with Gasteiger partial charge in [-0.3, -0.25) is 9.48 Å². The lowest BCUT2D eigenvalue weighted by Gasteiger charge is -2.33. The fourth-order valence-electron chi connectivity index (χ4n) is 3.39. The quantitative estimate of drug-likeness (QED) is 0.556. The normalized spacial score (nSPS) is 18.7. The van der Waals surface area contributed by atoms with Crippen molar-refractivity contribution in [3.05, 3.63) is 50.0 Å². The third kappa shape index (κ3) is 3.73. The summed E-state index contributed by atoms with van der Waals surface area (Å²) in [5.41, 5.74) is 1.60. The molecule has 3 aromatic rings. The predicted molar refractivity (Wildman–Crippen MR) is 109 cm³/mol. The number of carbonyl (C=O) groups is 1. The first-order valence-corrected chi connectivity index (χ1v) is 10.7. The number of halogens is 4. The van der Waals surface area contributed by atoms with E-state index >= 15 is 0 Å². The van der Waals surface area contributed by atoms with Crippen molar-refractivity contribution in [1.82, 2.24) is 24.9 Å². The number of aromatic nitrogens is 4. The second-order valence-electron chi connectivity index (χ2n) is 7.02. The molecular formula is C18H18BrF3N6OS. The van der Waals surface area contributed by atoms with Gasteiger partial charge in [0, 0.05) is 36.1 Å². The van der Waals surface area contributed by atoms with Gasteiger partial charge in [0.1, 0.15) is 5.82 Å². The molecule has 1 aliphatic rings. The second-order valence-corrected chi connectivity index (χ2v) is 8.79. The van der Waals surface area contributed by atoms with Crippen LogP contribution in [0.2, 0.25) is 0 Å². The standard InChI is InChI=1S/C18H18BrF3N6OS/c1-9-10(8-24-27(9)2)7-23-17(29)15-14(19)16-25-11(12-4-3-5-30-12)6-13(18(20,21)22)28(16)26-15/h3-5,8,11,13,25H,6-7H2,1-2H3,(H,23,29). The minimum Gasteiger partial charge on any atom is -0.362 e. The van der Waals surface area contributed by atoms with Gasteiger partial charge < -0.3 is 10.6 Å². The Labute approximate surface area is 182 Å². The summed E-state index contributed by atoms with van der Waals surface area (Å²) in [6.07, 6.45) is -3.07. The van der Waals surface area contributed by atoms with E-state index in [0.717, 1.165) is 20.8 Å². The lowest BCUT2D eigenvalue weighted by molar-refractivity contribution is -0.173. The van der Waals surface area contributed by atoms with E-state index in [2.05, 4.69) is 36.8 Å². The summed E-state index contributed by atoms with van der Waals surface area (Å²) in [7, 11) is 1.79. The number of alkyl halides is 3. The maximum atomic E-state index is 13.8. The van der Waals surface area contributed by atoms with Crippen molar-refractivity contribution in [2.24, 2.45) is 7.05 Å². The largest absolute Gasteiger partial charge is 0.410 e. The van der Waals surface area contributed by atoms with Gasteiger partial charge in [0.05, 0.1) is 16.7 Å². The SMILES string of the molecule is Cc1c(CNC(=O)c2nn3c(c2Br)NC(c2cccs2)CC3C(F)(F)F)cnn1C. The van der Waals surface area contributed by atoms with E-state index in [1.165, 1.54) is 11.3 Å². The number of aryl methyl sites for hydroxylation is 1. The van der Waals surface area contributed by atoms with Crippen LogP contribution in [0, 0.1) is 6.92 Å². The fourth-order valence-corrected chi connectivity index (χ4v) is 4.73. The summed E-state index contributed by atoms with van der Waals surface area (Å²) in [4.78, 5) is 13.5. The summed E-state index contributed by atoms with van der Waals surface area (Å²) in [5.74, 6) is -0.424. The summed E-state index contributed by atoms with van der Waals surface area (Å²) < 4.78 is 44.1. The van der Waals surface area contributed by atoms with Crippen LogP contribution in [-0.2, 0) is 13.6 Å². The van der Waals surface area contributed by atoms with Gasteiger partial charge in [0.25, 0.3) is 5.91 Å². The highest BCUT2D eigenvalue weighted by molar-refractivity contribution is 9.10. The van der Waals surface area contributed by atoms with Gasteiger partial charge in [0.2, 0.25) is 0 Å². The highest BCUT2D eigenvalue weighted by Crippen LogP contribution is 2.46. The van der Waals surface area contributed by atoms with Gasteiger partial charge in [-0.2, -0.15) is 23.4 Å². The summed E-state index contributed by atoms with van der Waals surface area (Å²) in [6.45, 7) is 2.06. The number of nitrogens with zero attached hydrogens (tertiary/aromatic N) is 4. The van der Waals surface area contributed by atoms with E-state index < -0.39 is 24.2 Å². The first-order chi connectivity index (χ1) is 14.2. The molecule has 2 N–H and O–H groups in total. The smallest absolute Gasteiger partial charge is 0.362 e. The lowest BCUT2D eigenvalue weighted by Crippen LogP contribution is -2.35. The van der Waals surface area contributed by atoms with Crippen LogP contribution in [0.4, 0.5) is 19.0 Å². The average molecular weight is 503 g/mol. The molecule has 30 heavy (non-hydrogen) atoms. The number of rotatable bonds is 4. The highest BCUT2D eigenvalue weighted by atomic mass is 79.9. The van der Waals surface area contributed by atoms with Gasteiger partial charge in [0.15, 0.2) is 11.7 Å². The topological polar surface area (TPSA) is 76.8 Å². The van der Waals surface area contributed by atoms with Gasteiger partial charge in [-0.25, -0.2) is 4.68 Å². The third-order valence-corrected chi connectivity index (χ3v) is 6.91. The van der Waals surface area contributed by atoms with Gasteiger partial charge >= 0.3 is 6.18 Å². The maximum Gasteiger partial charge on any atom is 0.410 e. The molecule has 1 aliphatic heterocycles. The molecule has 1 amide bonds. The monoisotopic (exact) mass is 502 g/mol. The first kappa shape index (κ1) is 20.9. The minimum atomic E-state index is -4.50. The van der Waals surface area contributed by atoms with Crippen molar-refractivity contribution >= 4 is 39.0 Å². The Morgan fingerprint density at radius 2 is 2.23 bits per heavy atom. The van der Waals surface area contributed by atoms with Crippen LogP contribution in [-0.4, -0.2) is 31.6 Å². The van der Waals surface area contributed by atoms with Crippen LogP contribution in [0.5, 0.6) is 0 Å². The average Bonchev–Trinajstić information content (AvgIpc) is 3.41. The summed E-state index contributed by atoms with van der Waals surface area (Å²) in [5, 5.41) is 15.7. The van der Waals surface area contributed by atoms with E-state index in [0.29, 0.717) is 0 Å². The number of anilines is 1. The van der Waals surface area contributed by atoms with Crippen molar-refractivity contribution in [2.45, 2.75) is 38.1 Å². The molecule has 2 unspecified atom stereocenters. The molecule has 7 nitrogen and oxygen atoms in total. The highest BCUT2D eigenvalue weighted by Gasteiger charge is 2.48. The van der Waals surface area contributed by atoms with Crippen LogP contribution in [0.1, 0.15) is 45.1 Å². The van der Waals surface area contributed by atoms with Crippen LogP contribution in [0.15, 0.2) is 28.2 Å². The second kappa shape index (κ2) is 7.73. The number of thiophene rings is 1. The Kier molecular flexibility index (Phi) is 5.39.